The Balaban J connectivity index is 2.21. The van der Waals surface area contributed by atoms with Crippen LogP contribution in [-0.2, 0) is 19.5 Å². The van der Waals surface area contributed by atoms with Crippen molar-refractivity contribution in [3.8, 4) is 0 Å². The highest BCUT2D eigenvalue weighted by Gasteiger charge is 2.08. The molecule has 18 heavy (non-hydrogen) atoms. The summed E-state index contributed by atoms with van der Waals surface area (Å²) in [4.78, 5) is 10.8. The minimum Gasteiger partial charge on any atom is -0.478 e. The highest BCUT2D eigenvalue weighted by Crippen LogP contribution is 2.09. The summed E-state index contributed by atoms with van der Waals surface area (Å²) < 4.78 is 3.82. The number of carboxylic acid groups (broad SMARTS) is 1. The molecule has 0 bridgehead atoms. The molecule has 0 saturated heterocycles. The summed E-state index contributed by atoms with van der Waals surface area (Å²) in [6, 6.07) is 3.68. The largest absolute Gasteiger partial charge is 0.478 e. The van der Waals surface area contributed by atoms with Crippen molar-refractivity contribution in [2.75, 3.05) is 0 Å². The third kappa shape index (κ3) is 2.45. The lowest BCUT2D eigenvalue weighted by Gasteiger charge is -2.05. The van der Waals surface area contributed by atoms with Crippen LogP contribution in [0.25, 0.3) is 0 Å². The molecule has 0 unspecified atom stereocenters. The van der Waals surface area contributed by atoms with Gasteiger partial charge in [0.25, 0.3) is 0 Å². The zero-order chi connectivity index (χ0) is 13.1. The number of hydrogen-bond acceptors (Lipinski definition) is 2. The van der Waals surface area contributed by atoms with Crippen LogP contribution in [0.5, 0.6) is 0 Å². The molecule has 2 aromatic rings. The molecule has 1 N–H and O–H groups in total. The van der Waals surface area contributed by atoms with Crippen LogP contribution in [0.4, 0.5) is 0 Å². The van der Waals surface area contributed by atoms with Crippen molar-refractivity contribution in [3.63, 3.8) is 0 Å². The first kappa shape index (κ1) is 12.4. The second-order valence-corrected chi connectivity index (χ2v) is 4.17. The molecule has 2 aromatic heterocycles. The van der Waals surface area contributed by atoms with Crippen LogP contribution in [-0.4, -0.2) is 25.4 Å². The van der Waals surface area contributed by atoms with Gasteiger partial charge in [0.1, 0.15) is 0 Å². The van der Waals surface area contributed by atoms with Gasteiger partial charge >= 0.3 is 5.97 Å². The maximum Gasteiger partial charge on any atom is 0.337 e. The Hall–Kier alpha value is -2.04. The predicted octanol–water partition coefficient (Wildman–Crippen LogP) is 2.01. The molecule has 0 aromatic carbocycles. The molecule has 0 aliphatic carbocycles. The molecule has 0 atom stereocenters. The Bertz CT molecular complexity index is 554. The number of hydrogen-bond donors (Lipinski definition) is 1. The Morgan fingerprint density at radius 2 is 2.22 bits per heavy atom. The number of carboxylic acids is 1. The molecule has 0 aliphatic rings. The van der Waals surface area contributed by atoms with Gasteiger partial charge in [0, 0.05) is 18.9 Å². The van der Waals surface area contributed by atoms with E-state index in [9.17, 15) is 4.79 Å². The van der Waals surface area contributed by atoms with E-state index in [0.29, 0.717) is 12.1 Å². The average Bonchev–Trinajstić information content (AvgIpc) is 2.96. The fourth-order valence-electron chi connectivity index (χ4n) is 1.94. The molecule has 0 amide bonds. The van der Waals surface area contributed by atoms with Gasteiger partial charge in [-0.25, -0.2) is 4.79 Å². The smallest absolute Gasteiger partial charge is 0.337 e. The second kappa shape index (κ2) is 5.08. The fourth-order valence-corrected chi connectivity index (χ4v) is 1.94. The fraction of sp³-hybridized carbons (Fsp3) is 0.385. The summed E-state index contributed by atoms with van der Waals surface area (Å²) in [5.74, 6) is -0.896. The number of aryl methyl sites for hydroxylation is 2. The normalized spacial score (nSPS) is 10.8. The summed E-state index contributed by atoms with van der Waals surface area (Å²) in [6.45, 7) is 5.59. The zero-order valence-electron chi connectivity index (χ0n) is 10.6. The van der Waals surface area contributed by atoms with Gasteiger partial charge in [0.05, 0.1) is 23.5 Å². The van der Waals surface area contributed by atoms with Gasteiger partial charge in [0.2, 0.25) is 0 Å². The van der Waals surface area contributed by atoms with Crippen molar-refractivity contribution in [3.05, 3.63) is 41.5 Å². The molecule has 2 rings (SSSR count). The quantitative estimate of drug-likeness (QED) is 0.879. The Labute approximate surface area is 106 Å². The van der Waals surface area contributed by atoms with Crippen LogP contribution in [0, 0.1) is 0 Å². The number of aromatic carboxylic acids is 1. The molecule has 5 nitrogen and oxygen atoms in total. The molecule has 96 valence electrons. The minimum absolute atomic E-state index is 0.313. The predicted molar refractivity (Wildman–Crippen MR) is 67.8 cm³/mol. The SMILES string of the molecule is CCc1cc(Cn2ccc(C(=O)O)c2)n(CC)n1. The van der Waals surface area contributed by atoms with Gasteiger partial charge in [-0.15, -0.1) is 0 Å². The van der Waals surface area contributed by atoms with Crippen LogP contribution < -0.4 is 0 Å². The van der Waals surface area contributed by atoms with Crippen LogP contribution in [0.2, 0.25) is 0 Å². The van der Waals surface area contributed by atoms with Crippen LogP contribution in [0.15, 0.2) is 24.5 Å². The van der Waals surface area contributed by atoms with E-state index in [1.54, 1.807) is 18.5 Å². The maximum absolute atomic E-state index is 10.8. The third-order valence-corrected chi connectivity index (χ3v) is 2.92. The maximum atomic E-state index is 10.8. The average molecular weight is 247 g/mol. The lowest BCUT2D eigenvalue weighted by Crippen LogP contribution is -2.06. The molecule has 0 radical (unpaired) electrons. The monoisotopic (exact) mass is 247 g/mol. The molecular weight excluding hydrogens is 230 g/mol. The topological polar surface area (TPSA) is 60.1 Å². The highest BCUT2D eigenvalue weighted by atomic mass is 16.4. The van der Waals surface area contributed by atoms with Crippen molar-refractivity contribution in [1.82, 2.24) is 14.3 Å². The number of nitrogens with zero attached hydrogens (tertiary/aromatic N) is 3. The molecular formula is C13H17N3O2. The highest BCUT2D eigenvalue weighted by molar-refractivity contribution is 5.87. The lowest BCUT2D eigenvalue weighted by molar-refractivity contribution is 0.0697. The van der Waals surface area contributed by atoms with E-state index in [4.69, 9.17) is 5.11 Å². The van der Waals surface area contributed by atoms with Crippen LogP contribution in [0.1, 0.15) is 35.6 Å². The number of carbonyl (C=O) groups is 1. The van der Waals surface area contributed by atoms with Gasteiger partial charge in [-0.3, -0.25) is 4.68 Å². The van der Waals surface area contributed by atoms with E-state index in [0.717, 1.165) is 24.4 Å². The van der Waals surface area contributed by atoms with Gasteiger partial charge in [-0.2, -0.15) is 5.10 Å². The van der Waals surface area contributed by atoms with Crippen molar-refractivity contribution in [2.45, 2.75) is 33.4 Å². The number of rotatable bonds is 5. The van der Waals surface area contributed by atoms with Crippen molar-refractivity contribution >= 4 is 5.97 Å². The summed E-state index contributed by atoms with van der Waals surface area (Å²) in [5, 5.41) is 13.3. The zero-order valence-corrected chi connectivity index (χ0v) is 10.6. The minimum atomic E-state index is -0.896. The van der Waals surface area contributed by atoms with E-state index in [-0.39, 0.29) is 0 Å². The summed E-state index contributed by atoms with van der Waals surface area (Å²) in [7, 11) is 0. The van der Waals surface area contributed by atoms with Gasteiger partial charge in [-0.1, -0.05) is 6.92 Å². The lowest BCUT2D eigenvalue weighted by atomic mass is 10.3. The Morgan fingerprint density at radius 3 is 2.78 bits per heavy atom. The number of aromatic nitrogens is 3. The Kier molecular flexibility index (Phi) is 3.50. The van der Waals surface area contributed by atoms with Crippen molar-refractivity contribution < 1.29 is 9.90 Å². The molecule has 0 spiro atoms. The summed E-state index contributed by atoms with van der Waals surface area (Å²) in [6.07, 6.45) is 4.33. The van der Waals surface area contributed by atoms with Crippen LogP contribution >= 0.6 is 0 Å². The summed E-state index contributed by atoms with van der Waals surface area (Å²) in [5.41, 5.74) is 2.48. The van der Waals surface area contributed by atoms with Gasteiger partial charge in [-0.05, 0) is 25.5 Å². The molecule has 2 heterocycles. The molecule has 0 aliphatic heterocycles. The van der Waals surface area contributed by atoms with E-state index < -0.39 is 5.97 Å². The first-order valence-electron chi connectivity index (χ1n) is 6.08. The van der Waals surface area contributed by atoms with E-state index in [1.807, 2.05) is 16.2 Å². The Morgan fingerprint density at radius 1 is 1.44 bits per heavy atom. The molecule has 0 saturated carbocycles. The molecule has 0 fully saturated rings. The van der Waals surface area contributed by atoms with E-state index in [1.165, 1.54) is 0 Å². The molecule has 5 heteroatoms. The standard InChI is InChI=1S/C13H17N3O2/c1-3-11-7-12(16(4-2)14-11)9-15-6-5-10(8-15)13(17)18/h5-8H,3-4,9H2,1-2H3,(H,17,18). The van der Waals surface area contributed by atoms with Crippen molar-refractivity contribution in [2.24, 2.45) is 0 Å². The first-order valence-corrected chi connectivity index (χ1v) is 6.08. The van der Waals surface area contributed by atoms with Gasteiger partial charge in [0.15, 0.2) is 0 Å². The van der Waals surface area contributed by atoms with E-state index >= 15 is 0 Å². The second-order valence-electron chi connectivity index (χ2n) is 4.17. The third-order valence-electron chi connectivity index (χ3n) is 2.92. The van der Waals surface area contributed by atoms with Crippen LogP contribution in [0.3, 0.4) is 0 Å². The van der Waals surface area contributed by atoms with Gasteiger partial charge < -0.3 is 9.67 Å². The van der Waals surface area contributed by atoms with Crippen molar-refractivity contribution in [1.29, 1.82) is 0 Å². The summed E-state index contributed by atoms with van der Waals surface area (Å²) >= 11 is 0. The first-order chi connectivity index (χ1) is 8.63. The van der Waals surface area contributed by atoms with E-state index in [2.05, 4.69) is 18.1 Å².